The molecular formula is C20H22N2O4S. The van der Waals surface area contributed by atoms with Crippen LogP contribution in [0.3, 0.4) is 0 Å². The molecule has 1 spiro atoms. The Morgan fingerprint density at radius 1 is 1.26 bits per heavy atom. The van der Waals surface area contributed by atoms with E-state index in [0.717, 1.165) is 33.7 Å². The van der Waals surface area contributed by atoms with Gasteiger partial charge in [0.2, 0.25) is 0 Å². The van der Waals surface area contributed by atoms with Crippen molar-refractivity contribution in [2.24, 2.45) is 0 Å². The Morgan fingerprint density at radius 3 is 2.93 bits per heavy atom. The third kappa shape index (κ3) is 3.38. The van der Waals surface area contributed by atoms with Crippen molar-refractivity contribution < 1.29 is 19.4 Å². The number of aliphatic hydroxyl groups is 1. The number of thiophene rings is 1. The summed E-state index contributed by atoms with van der Waals surface area (Å²) in [5, 5.41) is 15.1. The fraction of sp³-hybridized carbons (Fsp3) is 0.400. The number of nitrogens with one attached hydrogen (secondary N) is 1. The van der Waals surface area contributed by atoms with E-state index in [1.165, 1.54) is 0 Å². The number of β-amino-alcohol motifs (C(OH)–C–C–N with tert-alkyl or cyclic N) is 1. The van der Waals surface area contributed by atoms with Gasteiger partial charge in [0.25, 0.3) is 5.91 Å². The summed E-state index contributed by atoms with van der Waals surface area (Å²) in [5.74, 6) is -0.281. The number of fused-ring (bicyclic) bond motifs is 2. The van der Waals surface area contributed by atoms with Gasteiger partial charge in [-0.05, 0) is 41.8 Å². The van der Waals surface area contributed by atoms with Crippen LogP contribution < -0.4 is 5.32 Å². The summed E-state index contributed by atoms with van der Waals surface area (Å²) in [6.07, 6.45) is 1.40. The maximum absolute atomic E-state index is 13.1. The highest BCUT2D eigenvalue weighted by atomic mass is 32.1. The molecule has 1 aliphatic carbocycles. The number of urea groups is 1. The molecule has 27 heavy (non-hydrogen) atoms. The number of benzene rings is 1. The minimum absolute atomic E-state index is 0.0680. The zero-order valence-electron chi connectivity index (χ0n) is 14.9. The van der Waals surface area contributed by atoms with Crippen molar-refractivity contribution in [3.05, 3.63) is 57.8 Å². The van der Waals surface area contributed by atoms with Gasteiger partial charge in [-0.25, -0.2) is 4.79 Å². The summed E-state index contributed by atoms with van der Waals surface area (Å²) in [4.78, 5) is 27.8. The number of ether oxygens (including phenoxy) is 1. The highest BCUT2D eigenvalue weighted by Crippen LogP contribution is 2.39. The van der Waals surface area contributed by atoms with Gasteiger partial charge in [0.05, 0.1) is 25.9 Å². The molecule has 2 aromatic rings. The molecule has 1 aromatic carbocycles. The summed E-state index contributed by atoms with van der Waals surface area (Å²) in [6, 6.07) is 11.2. The van der Waals surface area contributed by atoms with Crippen LogP contribution in [0, 0.1) is 0 Å². The molecule has 6 nitrogen and oxygen atoms in total. The van der Waals surface area contributed by atoms with E-state index in [0.29, 0.717) is 13.0 Å². The van der Waals surface area contributed by atoms with Gasteiger partial charge in [0.15, 0.2) is 0 Å². The number of rotatable bonds is 6. The average molecular weight is 386 g/mol. The second-order valence-corrected chi connectivity index (χ2v) is 8.04. The topological polar surface area (TPSA) is 78.9 Å². The Hall–Kier alpha value is -2.22. The van der Waals surface area contributed by atoms with Gasteiger partial charge in [-0.2, -0.15) is 0 Å². The van der Waals surface area contributed by atoms with E-state index in [4.69, 9.17) is 4.74 Å². The standard InChI is InChI=1S/C20H22N2O4S/c23-15(12-26-13-16-7-4-10-27-16)11-22-18(24)20(21-19(22)25)9-3-6-14-5-1-2-8-17(14)20/h1-2,4-5,7-8,10,15,23H,3,6,9,11-13H2,(H,21,25)/t15-,20-/m0/s1. The summed E-state index contributed by atoms with van der Waals surface area (Å²) in [5.41, 5.74) is 0.975. The molecule has 2 N–H and O–H groups in total. The minimum atomic E-state index is -0.997. The lowest BCUT2D eigenvalue weighted by molar-refractivity contribution is -0.133. The normalized spacial score (nSPS) is 22.8. The molecule has 0 saturated carbocycles. The summed E-state index contributed by atoms with van der Waals surface area (Å²) >= 11 is 1.58. The SMILES string of the molecule is O=C1N[C@]2(CCCc3ccccc32)C(=O)N1C[C@H](O)COCc1cccs1. The first-order valence-corrected chi connectivity index (χ1v) is 9.99. The Morgan fingerprint density at radius 2 is 2.11 bits per heavy atom. The van der Waals surface area contributed by atoms with E-state index >= 15 is 0 Å². The number of aliphatic hydroxyl groups excluding tert-OH is 1. The van der Waals surface area contributed by atoms with Gasteiger partial charge in [-0.1, -0.05) is 30.3 Å². The van der Waals surface area contributed by atoms with E-state index < -0.39 is 17.7 Å². The van der Waals surface area contributed by atoms with E-state index in [1.807, 2.05) is 41.8 Å². The first kappa shape index (κ1) is 18.2. The number of amides is 3. The molecule has 0 bridgehead atoms. The van der Waals surface area contributed by atoms with E-state index in [2.05, 4.69) is 5.32 Å². The third-order valence-corrected chi connectivity index (χ3v) is 6.03. The van der Waals surface area contributed by atoms with Crippen LogP contribution in [0.5, 0.6) is 0 Å². The fourth-order valence-electron chi connectivity index (χ4n) is 3.93. The molecule has 0 radical (unpaired) electrons. The Bertz CT molecular complexity index is 838. The second-order valence-electron chi connectivity index (χ2n) is 7.01. The van der Waals surface area contributed by atoms with Crippen molar-refractivity contribution in [1.82, 2.24) is 10.2 Å². The highest BCUT2D eigenvalue weighted by Gasteiger charge is 2.54. The summed E-state index contributed by atoms with van der Waals surface area (Å²) in [6.45, 7) is 0.407. The lowest BCUT2D eigenvalue weighted by Gasteiger charge is -2.33. The van der Waals surface area contributed by atoms with Gasteiger partial charge in [-0.3, -0.25) is 9.69 Å². The lowest BCUT2D eigenvalue weighted by atomic mass is 9.76. The van der Waals surface area contributed by atoms with Crippen LogP contribution in [0.1, 0.15) is 28.8 Å². The van der Waals surface area contributed by atoms with Crippen LogP contribution in [0.4, 0.5) is 4.79 Å². The minimum Gasteiger partial charge on any atom is -0.389 e. The fourth-order valence-corrected chi connectivity index (χ4v) is 4.57. The maximum atomic E-state index is 13.1. The molecule has 2 atom stereocenters. The van der Waals surface area contributed by atoms with E-state index in [-0.39, 0.29) is 19.1 Å². The molecule has 1 saturated heterocycles. The highest BCUT2D eigenvalue weighted by molar-refractivity contribution is 7.09. The molecule has 142 valence electrons. The van der Waals surface area contributed by atoms with Gasteiger partial charge in [0, 0.05) is 4.88 Å². The Kier molecular flexibility index (Phi) is 4.99. The van der Waals surface area contributed by atoms with E-state index in [9.17, 15) is 14.7 Å². The van der Waals surface area contributed by atoms with Crippen molar-refractivity contribution in [2.45, 2.75) is 37.5 Å². The van der Waals surface area contributed by atoms with Crippen molar-refractivity contribution in [2.75, 3.05) is 13.2 Å². The number of hydrogen-bond acceptors (Lipinski definition) is 5. The van der Waals surface area contributed by atoms with Crippen LogP contribution in [-0.4, -0.2) is 41.2 Å². The van der Waals surface area contributed by atoms with Crippen LogP contribution in [0.15, 0.2) is 41.8 Å². The van der Waals surface area contributed by atoms with Crippen LogP contribution >= 0.6 is 11.3 Å². The van der Waals surface area contributed by atoms with E-state index in [1.54, 1.807) is 11.3 Å². The van der Waals surface area contributed by atoms with Crippen molar-refractivity contribution in [3.8, 4) is 0 Å². The zero-order chi connectivity index (χ0) is 18.9. The quantitative estimate of drug-likeness (QED) is 0.748. The number of imide groups is 1. The molecule has 1 aromatic heterocycles. The summed E-state index contributed by atoms with van der Waals surface area (Å²) < 4.78 is 5.50. The molecule has 4 rings (SSSR count). The smallest absolute Gasteiger partial charge is 0.325 e. The Labute approximate surface area is 161 Å². The largest absolute Gasteiger partial charge is 0.389 e. The van der Waals surface area contributed by atoms with Crippen LogP contribution in [0.2, 0.25) is 0 Å². The average Bonchev–Trinajstić information content (AvgIpc) is 3.26. The predicted octanol–water partition coefficient (Wildman–Crippen LogP) is 2.41. The molecule has 0 unspecified atom stereocenters. The number of nitrogens with zero attached hydrogens (tertiary/aromatic N) is 1. The number of carbonyl (C=O) groups excluding carboxylic acids is 2. The summed E-state index contributed by atoms with van der Waals surface area (Å²) in [7, 11) is 0. The van der Waals surface area contributed by atoms with Gasteiger partial charge in [-0.15, -0.1) is 11.3 Å². The molecule has 1 aliphatic heterocycles. The number of hydrogen-bond donors (Lipinski definition) is 2. The molecule has 2 heterocycles. The van der Waals surface area contributed by atoms with Crippen molar-refractivity contribution in [3.63, 3.8) is 0 Å². The number of carbonyl (C=O) groups is 2. The van der Waals surface area contributed by atoms with Gasteiger partial charge < -0.3 is 15.2 Å². The number of aryl methyl sites for hydroxylation is 1. The monoisotopic (exact) mass is 386 g/mol. The molecule has 3 amide bonds. The maximum Gasteiger partial charge on any atom is 0.325 e. The van der Waals surface area contributed by atoms with Crippen molar-refractivity contribution in [1.29, 1.82) is 0 Å². The predicted molar refractivity (Wildman–Crippen MR) is 101 cm³/mol. The molecule has 7 heteroatoms. The molecule has 2 aliphatic rings. The Balaban J connectivity index is 1.43. The first-order chi connectivity index (χ1) is 13.1. The molecule has 1 fully saturated rings. The van der Waals surface area contributed by atoms with Gasteiger partial charge in [0.1, 0.15) is 5.54 Å². The van der Waals surface area contributed by atoms with Gasteiger partial charge >= 0.3 is 6.03 Å². The van der Waals surface area contributed by atoms with Crippen molar-refractivity contribution >= 4 is 23.3 Å². The second kappa shape index (κ2) is 7.42. The lowest BCUT2D eigenvalue weighted by Crippen LogP contribution is -2.47. The van der Waals surface area contributed by atoms with Crippen LogP contribution in [-0.2, 0) is 28.1 Å². The molecular weight excluding hydrogens is 364 g/mol. The van der Waals surface area contributed by atoms with Crippen LogP contribution in [0.25, 0.3) is 0 Å². The third-order valence-electron chi connectivity index (χ3n) is 5.18. The zero-order valence-corrected chi connectivity index (χ0v) is 15.7. The first-order valence-electron chi connectivity index (χ1n) is 9.11.